The Balaban J connectivity index is -0.0000000482. The predicted octanol–water partition coefficient (Wildman–Crippen LogP) is 4.85. The van der Waals surface area contributed by atoms with E-state index in [-0.39, 0.29) is 0 Å². The van der Waals surface area contributed by atoms with Crippen molar-refractivity contribution in [2.45, 2.75) is 27.7 Å². The summed E-state index contributed by atoms with van der Waals surface area (Å²) in [6, 6.07) is 0. The van der Waals surface area contributed by atoms with Gasteiger partial charge in [0, 0.05) is 12.1 Å². The maximum Gasteiger partial charge on any atom is 0.0269 e. The van der Waals surface area contributed by atoms with Crippen LogP contribution in [0.25, 0.3) is 0 Å². The lowest BCUT2D eigenvalue weighted by Crippen LogP contribution is -1.43. The minimum absolute atomic E-state index is 0.639. The number of allylic oxidation sites excluding steroid dienone is 3. The van der Waals surface area contributed by atoms with Crippen LogP contribution in [0, 0.1) is 0 Å². The summed E-state index contributed by atoms with van der Waals surface area (Å²) in [7, 11) is 1.64. The zero-order valence-electron chi connectivity index (χ0n) is 10.2. The number of rotatable bonds is 0. The second-order valence-corrected chi connectivity index (χ2v) is 3.25. The Morgan fingerprint density at radius 1 is 1.21 bits per heavy atom. The van der Waals surface area contributed by atoms with Crippen molar-refractivity contribution < 1.29 is 0 Å². The molecule has 0 aliphatic rings. The molecule has 0 heterocycles. The number of halogens is 1. The molecule has 0 saturated carbocycles. The number of nitrogens with zero attached hydrogens (tertiary/aromatic N) is 1. The third kappa shape index (κ3) is 1720. The largest absolute Gasteiger partial charge is 0.304 e. The van der Waals surface area contributed by atoms with Crippen molar-refractivity contribution in [1.82, 2.24) is 0 Å². The van der Waals surface area contributed by atoms with Gasteiger partial charge in [-0.15, -0.1) is 13.2 Å². The molecule has 0 atom stereocenters. The van der Waals surface area contributed by atoms with Crippen molar-refractivity contribution in [2.75, 3.05) is 7.05 Å². The fraction of sp³-hybridized carbons (Fsp3) is 0.417. The Kier molecular flexibility index (Phi) is 48.9. The van der Waals surface area contributed by atoms with Crippen LogP contribution in [0.4, 0.5) is 0 Å². The lowest BCUT2D eigenvalue weighted by molar-refractivity contribution is 1.42. The molecule has 0 aromatic carbocycles. The van der Waals surface area contributed by atoms with E-state index >= 15 is 0 Å². The van der Waals surface area contributed by atoms with Gasteiger partial charge in [-0.2, -0.15) is 0 Å². The predicted molar refractivity (Wildman–Crippen MR) is 72.5 cm³/mol. The van der Waals surface area contributed by atoms with Crippen LogP contribution >= 0.6 is 11.6 Å². The molecule has 84 valence electrons. The average Bonchev–Trinajstić information content (AvgIpc) is 1.85. The van der Waals surface area contributed by atoms with Crippen molar-refractivity contribution in [3.63, 3.8) is 0 Å². The van der Waals surface area contributed by atoms with Crippen molar-refractivity contribution >= 4 is 18.3 Å². The van der Waals surface area contributed by atoms with E-state index in [1.165, 1.54) is 5.57 Å². The first-order valence-electron chi connectivity index (χ1n) is 4.15. The highest BCUT2D eigenvalue weighted by atomic mass is 35.5. The maximum absolute atomic E-state index is 5.08. The van der Waals surface area contributed by atoms with Gasteiger partial charge in [0.15, 0.2) is 0 Å². The normalized spacial score (nSPS) is 5.57. The third-order valence-electron chi connectivity index (χ3n) is 0. The highest BCUT2D eigenvalue weighted by Crippen LogP contribution is 1.87. The molecule has 0 N–H and O–H groups in total. The monoisotopic (exact) mass is 217 g/mol. The summed E-state index contributed by atoms with van der Waals surface area (Å²) in [4.78, 5) is 3.25. The van der Waals surface area contributed by atoms with Crippen LogP contribution in [0.3, 0.4) is 0 Å². The molecule has 0 spiro atoms. The van der Waals surface area contributed by atoms with Crippen LogP contribution in [-0.2, 0) is 0 Å². The van der Waals surface area contributed by atoms with Crippen LogP contribution in [0.1, 0.15) is 27.7 Å². The molecule has 0 unspecified atom stereocenters. The van der Waals surface area contributed by atoms with E-state index in [4.69, 9.17) is 11.6 Å². The fourth-order valence-corrected chi connectivity index (χ4v) is 0. The van der Waals surface area contributed by atoms with Gasteiger partial charge in [-0.1, -0.05) is 29.8 Å². The quantitative estimate of drug-likeness (QED) is 0.406. The van der Waals surface area contributed by atoms with Crippen molar-refractivity contribution in [1.29, 1.82) is 0 Å². The smallest absolute Gasteiger partial charge is 0.0269 e. The van der Waals surface area contributed by atoms with Crippen molar-refractivity contribution in [2.24, 2.45) is 4.99 Å². The molecule has 0 bridgehead atoms. The van der Waals surface area contributed by atoms with Gasteiger partial charge in [0.25, 0.3) is 0 Å². The number of hydrogen-bond donors (Lipinski definition) is 0. The van der Waals surface area contributed by atoms with Gasteiger partial charge in [0.2, 0.25) is 0 Å². The molecule has 0 saturated heterocycles. The van der Waals surface area contributed by atoms with Gasteiger partial charge in [0.05, 0.1) is 0 Å². The Hall–Kier alpha value is -0.820. The highest BCUT2D eigenvalue weighted by molar-refractivity contribution is 6.28. The summed E-state index contributed by atoms with van der Waals surface area (Å²) < 4.78 is 0. The summed E-state index contributed by atoms with van der Waals surface area (Å²) in [5, 5.41) is 0.639. The van der Waals surface area contributed by atoms with E-state index in [9.17, 15) is 0 Å². The molecular formula is C12H24ClN. The third-order valence-corrected chi connectivity index (χ3v) is 0. The Labute approximate surface area is 94.9 Å². The van der Waals surface area contributed by atoms with Crippen molar-refractivity contribution in [3.8, 4) is 0 Å². The van der Waals surface area contributed by atoms with Gasteiger partial charge in [-0.3, -0.25) is 0 Å². The van der Waals surface area contributed by atoms with Crippen LogP contribution in [0.2, 0.25) is 0 Å². The number of hydrogen-bond acceptors (Lipinski definition) is 1. The SMILES string of the molecule is C=C(C)C.C=C(C)Cl.C=CC.C=NC. The molecule has 0 aromatic rings. The molecule has 14 heavy (non-hydrogen) atoms. The fourth-order valence-electron chi connectivity index (χ4n) is 0. The van der Waals surface area contributed by atoms with Gasteiger partial charge in [-0.05, 0) is 34.4 Å². The number of aliphatic imine (C=N–C) groups is 1. The zero-order chi connectivity index (χ0) is 12.6. The summed E-state index contributed by atoms with van der Waals surface area (Å²) in [5.41, 5.74) is 1.17. The summed E-state index contributed by atoms with van der Waals surface area (Å²) in [6.07, 6.45) is 1.75. The van der Waals surface area contributed by atoms with Crippen molar-refractivity contribution in [3.05, 3.63) is 36.4 Å². The van der Waals surface area contributed by atoms with E-state index < -0.39 is 0 Å². The van der Waals surface area contributed by atoms with E-state index in [0.717, 1.165) is 0 Å². The van der Waals surface area contributed by atoms with Gasteiger partial charge in [0.1, 0.15) is 0 Å². The molecule has 0 amide bonds. The molecule has 0 aromatic heterocycles. The Morgan fingerprint density at radius 3 is 1.21 bits per heavy atom. The lowest BCUT2D eigenvalue weighted by atomic mass is 10.4. The molecule has 0 radical (unpaired) electrons. The van der Waals surface area contributed by atoms with E-state index in [1.54, 1.807) is 20.0 Å². The minimum Gasteiger partial charge on any atom is -0.304 e. The zero-order valence-corrected chi connectivity index (χ0v) is 11.0. The second-order valence-electron chi connectivity index (χ2n) is 2.61. The van der Waals surface area contributed by atoms with E-state index in [2.05, 4.69) is 31.4 Å². The topological polar surface area (TPSA) is 12.4 Å². The average molecular weight is 218 g/mol. The van der Waals surface area contributed by atoms with Crippen LogP contribution in [0.15, 0.2) is 41.4 Å². The molecule has 0 rings (SSSR count). The van der Waals surface area contributed by atoms with Crippen LogP contribution in [-0.4, -0.2) is 13.8 Å². The van der Waals surface area contributed by atoms with Crippen LogP contribution < -0.4 is 0 Å². The molecule has 1 nitrogen and oxygen atoms in total. The molecule has 2 heteroatoms. The van der Waals surface area contributed by atoms with Gasteiger partial charge in [-0.25, -0.2) is 0 Å². The molecule has 0 aliphatic heterocycles. The maximum atomic E-state index is 5.08. The highest BCUT2D eigenvalue weighted by Gasteiger charge is 1.55. The summed E-state index contributed by atoms with van der Waals surface area (Å²) >= 11 is 5.08. The molecule has 0 aliphatic carbocycles. The summed E-state index contributed by atoms with van der Waals surface area (Å²) in [6.45, 7) is 20.9. The first-order valence-corrected chi connectivity index (χ1v) is 4.52. The first-order chi connectivity index (χ1) is 6.29. The Morgan fingerprint density at radius 2 is 1.21 bits per heavy atom. The van der Waals surface area contributed by atoms with Gasteiger partial charge < -0.3 is 4.99 Å². The first kappa shape index (κ1) is 23.2. The summed E-state index contributed by atoms with van der Waals surface area (Å²) in [5.74, 6) is 0. The van der Waals surface area contributed by atoms with E-state index in [1.807, 2.05) is 20.8 Å². The lowest BCUT2D eigenvalue weighted by Gasteiger charge is -1.65. The Bertz CT molecular complexity index is 122. The molecule has 0 fully saturated rings. The standard InChI is InChI=1S/C4H8.C3H5Cl.C3H6.C2H5N/c1-4(2)3;1-3(2)4;2*1-3-2/h1H2,2-3H3;1H2,2H3;3H,1H2,2H3;1H2,2H3. The second kappa shape index (κ2) is 29.5. The minimum atomic E-state index is 0.639. The van der Waals surface area contributed by atoms with E-state index in [0.29, 0.717) is 5.03 Å². The van der Waals surface area contributed by atoms with Crippen LogP contribution in [0.5, 0.6) is 0 Å². The molecular weight excluding hydrogens is 194 g/mol. The van der Waals surface area contributed by atoms with Gasteiger partial charge >= 0.3 is 0 Å².